The lowest BCUT2D eigenvalue weighted by molar-refractivity contribution is 0.448. The molecule has 1 nitrogen and oxygen atoms in total. The molecule has 0 spiro atoms. The Morgan fingerprint density at radius 2 is 1.25 bits per heavy atom. The molecule has 0 aliphatic carbocycles. The normalized spacial score (nSPS) is 10.4. The zero-order chi connectivity index (χ0) is 11.7. The Hall–Kier alpha value is -1.97. The summed E-state index contributed by atoms with van der Waals surface area (Å²) in [5.41, 5.74) is 6.88. The van der Waals surface area contributed by atoms with Crippen LogP contribution in [0.5, 0.6) is 0 Å². The molecular weight excluding hydrogens is 215 g/mol. The summed E-state index contributed by atoms with van der Waals surface area (Å²) in [5, 5.41) is 0. The molecule has 0 unspecified atom stereocenters. The molecule has 0 heterocycles. The van der Waals surface area contributed by atoms with E-state index < -0.39 is 17.5 Å². The molecule has 2 aromatic carbocycles. The Balaban J connectivity index is 2.52. The van der Waals surface area contributed by atoms with Gasteiger partial charge in [-0.2, -0.15) is 0 Å². The maximum absolute atomic E-state index is 13.0. The predicted molar refractivity (Wildman–Crippen MR) is 56.2 cm³/mol. The maximum Gasteiger partial charge on any atom is 0.194 e. The van der Waals surface area contributed by atoms with Crippen LogP contribution in [0, 0.1) is 17.5 Å². The van der Waals surface area contributed by atoms with Crippen molar-refractivity contribution < 1.29 is 13.2 Å². The molecule has 0 radical (unpaired) electrons. The highest BCUT2D eigenvalue weighted by atomic mass is 19.2. The van der Waals surface area contributed by atoms with Crippen LogP contribution in [0.15, 0.2) is 36.4 Å². The predicted octanol–water partition coefficient (Wildman–Crippen LogP) is 3.35. The van der Waals surface area contributed by atoms with Crippen LogP contribution < -0.4 is 5.73 Å². The maximum atomic E-state index is 13.0. The molecule has 0 saturated carbocycles. The average Bonchev–Trinajstić information content (AvgIpc) is 2.26. The van der Waals surface area contributed by atoms with E-state index in [9.17, 15) is 13.2 Å². The topological polar surface area (TPSA) is 26.0 Å². The van der Waals surface area contributed by atoms with Crippen LogP contribution in [-0.4, -0.2) is 0 Å². The van der Waals surface area contributed by atoms with E-state index in [0.717, 1.165) is 12.1 Å². The van der Waals surface area contributed by atoms with Gasteiger partial charge in [-0.25, -0.2) is 13.2 Å². The zero-order valence-corrected chi connectivity index (χ0v) is 8.18. The summed E-state index contributed by atoms with van der Waals surface area (Å²) in [5.74, 6) is -3.86. The fraction of sp³-hybridized carbons (Fsp3) is 0. The van der Waals surface area contributed by atoms with Crippen molar-refractivity contribution in [3.8, 4) is 11.1 Å². The summed E-state index contributed by atoms with van der Waals surface area (Å²) >= 11 is 0. The largest absolute Gasteiger partial charge is 0.399 e. The van der Waals surface area contributed by atoms with Gasteiger partial charge in [-0.15, -0.1) is 0 Å². The van der Waals surface area contributed by atoms with Crippen molar-refractivity contribution in [3.63, 3.8) is 0 Å². The van der Waals surface area contributed by atoms with Gasteiger partial charge in [0.1, 0.15) is 0 Å². The van der Waals surface area contributed by atoms with Gasteiger partial charge in [-0.05, 0) is 35.4 Å². The van der Waals surface area contributed by atoms with E-state index in [0.29, 0.717) is 11.3 Å². The first-order valence-electron chi connectivity index (χ1n) is 4.58. The third-order valence-corrected chi connectivity index (χ3v) is 2.23. The van der Waals surface area contributed by atoms with Crippen LogP contribution in [0.3, 0.4) is 0 Å². The first kappa shape index (κ1) is 10.5. The number of hydrogen-bond donors (Lipinski definition) is 1. The summed E-state index contributed by atoms with van der Waals surface area (Å²) < 4.78 is 38.7. The Morgan fingerprint density at radius 1 is 0.750 bits per heavy atom. The Kier molecular flexibility index (Phi) is 2.56. The van der Waals surface area contributed by atoms with E-state index >= 15 is 0 Å². The third kappa shape index (κ3) is 1.86. The average molecular weight is 223 g/mol. The number of rotatable bonds is 1. The Labute approximate surface area is 90.3 Å². The molecule has 2 aromatic rings. The molecule has 2 rings (SSSR count). The van der Waals surface area contributed by atoms with Crippen LogP contribution in [0.25, 0.3) is 11.1 Å². The molecule has 0 bridgehead atoms. The quantitative estimate of drug-likeness (QED) is 0.582. The van der Waals surface area contributed by atoms with Crippen molar-refractivity contribution in [2.45, 2.75) is 0 Å². The molecule has 16 heavy (non-hydrogen) atoms. The number of nitrogen functional groups attached to an aromatic ring is 1. The summed E-state index contributed by atoms with van der Waals surface area (Å²) in [6.07, 6.45) is 0. The molecule has 0 atom stereocenters. The van der Waals surface area contributed by atoms with Crippen molar-refractivity contribution >= 4 is 5.69 Å². The van der Waals surface area contributed by atoms with Gasteiger partial charge >= 0.3 is 0 Å². The van der Waals surface area contributed by atoms with Gasteiger partial charge in [0, 0.05) is 5.69 Å². The van der Waals surface area contributed by atoms with Crippen molar-refractivity contribution in [2.24, 2.45) is 0 Å². The van der Waals surface area contributed by atoms with Gasteiger partial charge in [0.2, 0.25) is 0 Å². The number of anilines is 1. The summed E-state index contributed by atoms with van der Waals surface area (Å²) in [6.45, 7) is 0. The van der Waals surface area contributed by atoms with Crippen molar-refractivity contribution in [1.29, 1.82) is 0 Å². The molecule has 2 N–H and O–H groups in total. The van der Waals surface area contributed by atoms with E-state index in [1.54, 1.807) is 24.3 Å². The summed E-state index contributed by atoms with van der Waals surface area (Å²) in [6, 6.07) is 8.33. The van der Waals surface area contributed by atoms with Gasteiger partial charge in [0.05, 0.1) is 0 Å². The fourth-order valence-electron chi connectivity index (χ4n) is 1.40. The number of nitrogens with two attached hydrogens (primary N) is 1. The molecule has 82 valence electrons. The molecule has 0 aromatic heterocycles. The van der Waals surface area contributed by atoms with Gasteiger partial charge in [-0.1, -0.05) is 12.1 Å². The highest BCUT2D eigenvalue weighted by Gasteiger charge is 2.11. The monoisotopic (exact) mass is 223 g/mol. The van der Waals surface area contributed by atoms with Crippen molar-refractivity contribution in [3.05, 3.63) is 53.8 Å². The first-order chi connectivity index (χ1) is 7.58. The third-order valence-electron chi connectivity index (χ3n) is 2.23. The van der Waals surface area contributed by atoms with Gasteiger partial charge in [0.15, 0.2) is 17.5 Å². The van der Waals surface area contributed by atoms with Crippen LogP contribution >= 0.6 is 0 Å². The lowest BCUT2D eigenvalue weighted by Gasteiger charge is -2.04. The Bertz CT molecular complexity index is 497. The lowest BCUT2D eigenvalue weighted by atomic mass is 10.0. The molecule has 0 amide bonds. The van der Waals surface area contributed by atoms with Gasteiger partial charge < -0.3 is 5.73 Å². The van der Waals surface area contributed by atoms with Crippen LogP contribution in [0.1, 0.15) is 0 Å². The second-order valence-corrected chi connectivity index (χ2v) is 3.38. The number of benzene rings is 2. The summed E-state index contributed by atoms with van der Waals surface area (Å²) in [4.78, 5) is 0. The van der Waals surface area contributed by atoms with Crippen LogP contribution in [0.4, 0.5) is 18.9 Å². The van der Waals surface area contributed by atoms with Gasteiger partial charge in [0.25, 0.3) is 0 Å². The second kappa shape index (κ2) is 3.89. The standard InChI is InChI=1S/C12H8F3N/c13-10-5-8(6-11(14)12(10)15)7-1-3-9(16)4-2-7/h1-6H,16H2. The van der Waals surface area contributed by atoms with Gasteiger partial charge in [-0.3, -0.25) is 0 Å². The minimum atomic E-state index is -1.46. The fourth-order valence-corrected chi connectivity index (χ4v) is 1.40. The number of halogens is 3. The number of hydrogen-bond acceptors (Lipinski definition) is 1. The van der Waals surface area contributed by atoms with Crippen molar-refractivity contribution in [2.75, 3.05) is 5.73 Å². The minimum absolute atomic E-state index is 0.274. The molecule has 0 saturated heterocycles. The Morgan fingerprint density at radius 3 is 1.75 bits per heavy atom. The van der Waals surface area contributed by atoms with Crippen molar-refractivity contribution in [1.82, 2.24) is 0 Å². The highest BCUT2D eigenvalue weighted by molar-refractivity contribution is 5.65. The minimum Gasteiger partial charge on any atom is -0.399 e. The molecule has 0 aliphatic heterocycles. The van der Waals surface area contributed by atoms with E-state index in [1.165, 1.54) is 0 Å². The molecule has 0 fully saturated rings. The zero-order valence-electron chi connectivity index (χ0n) is 8.18. The van der Waals surface area contributed by atoms with Crippen LogP contribution in [-0.2, 0) is 0 Å². The van der Waals surface area contributed by atoms with E-state index in [-0.39, 0.29) is 5.56 Å². The lowest BCUT2D eigenvalue weighted by Crippen LogP contribution is -1.92. The molecule has 0 aliphatic rings. The van der Waals surface area contributed by atoms with E-state index in [2.05, 4.69) is 0 Å². The SMILES string of the molecule is Nc1ccc(-c2cc(F)c(F)c(F)c2)cc1. The highest BCUT2D eigenvalue weighted by Crippen LogP contribution is 2.24. The first-order valence-corrected chi connectivity index (χ1v) is 4.58. The second-order valence-electron chi connectivity index (χ2n) is 3.38. The molecular formula is C12H8F3N. The van der Waals surface area contributed by atoms with Crippen LogP contribution in [0.2, 0.25) is 0 Å². The smallest absolute Gasteiger partial charge is 0.194 e. The van der Waals surface area contributed by atoms with E-state index in [4.69, 9.17) is 5.73 Å². The summed E-state index contributed by atoms with van der Waals surface area (Å²) in [7, 11) is 0. The molecule has 4 heteroatoms. The van der Waals surface area contributed by atoms with E-state index in [1.807, 2.05) is 0 Å².